The van der Waals surface area contributed by atoms with Crippen molar-refractivity contribution in [3.05, 3.63) is 33.3 Å². The van der Waals surface area contributed by atoms with E-state index in [1.54, 1.807) is 12.1 Å². The molecule has 0 aliphatic carbocycles. The third-order valence-electron chi connectivity index (χ3n) is 3.05. The van der Waals surface area contributed by atoms with Crippen molar-refractivity contribution in [3.8, 4) is 0 Å². The van der Waals surface area contributed by atoms with Gasteiger partial charge in [0.05, 0.1) is 10.6 Å². The van der Waals surface area contributed by atoms with Gasteiger partial charge in [0.1, 0.15) is 0 Å². The molecule has 1 rings (SSSR count). The van der Waals surface area contributed by atoms with E-state index in [4.69, 9.17) is 11.6 Å². The fraction of sp³-hybridized carbons (Fsp3) is 0.462. The molecule has 4 heteroatoms. The molecule has 2 nitrogen and oxygen atoms in total. The first-order chi connectivity index (χ1) is 7.97. The number of amides is 1. The quantitative estimate of drug-likeness (QED) is 0.882. The molecular formula is C13H17BrClNO. The zero-order chi connectivity index (χ0) is 13.0. The Labute approximate surface area is 116 Å². The van der Waals surface area contributed by atoms with Gasteiger partial charge in [0.15, 0.2) is 0 Å². The predicted molar refractivity (Wildman–Crippen MR) is 75.5 cm³/mol. The van der Waals surface area contributed by atoms with Gasteiger partial charge in [-0.15, -0.1) is 0 Å². The highest BCUT2D eigenvalue weighted by Crippen LogP contribution is 2.26. The largest absolute Gasteiger partial charge is 0.349 e. The van der Waals surface area contributed by atoms with E-state index in [9.17, 15) is 4.79 Å². The summed E-state index contributed by atoms with van der Waals surface area (Å²) in [6.07, 6.45) is 1.04. The highest BCUT2D eigenvalue weighted by Gasteiger charge is 2.17. The van der Waals surface area contributed by atoms with Crippen molar-refractivity contribution in [2.75, 3.05) is 0 Å². The zero-order valence-corrected chi connectivity index (χ0v) is 12.6. The monoisotopic (exact) mass is 317 g/mol. The first kappa shape index (κ1) is 14.5. The summed E-state index contributed by atoms with van der Waals surface area (Å²) in [6.45, 7) is 6.24. The molecule has 1 N–H and O–H groups in total. The molecule has 0 heterocycles. The van der Waals surface area contributed by atoms with Crippen LogP contribution in [0.1, 0.15) is 37.6 Å². The number of carbonyl (C=O) groups is 1. The van der Waals surface area contributed by atoms with E-state index in [0.29, 0.717) is 16.5 Å². The molecule has 17 heavy (non-hydrogen) atoms. The number of nitrogens with one attached hydrogen (secondary N) is 1. The molecule has 1 amide bonds. The summed E-state index contributed by atoms with van der Waals surface area (Å²) in [5.41, 5.74) is 0.510. The second-order valence-corrected chi connectivity index (χ2v) is 5.48. The van der Waals surface area contributed by atoms with Gasteiger partial charge in [-0.05, 0) is 40.9 Å². The summed E-state index contributed by atoms with van der Waals surface area (Å²) in [4.78, 5) is 12.0. The van der Waals surface area contributed by atoms with E-state index in [1.807, 2.05) is 13.0 Å². The normalized spacial score (nSPS) is 14.2. The first-order valence-electron chi connectivity index (χ1n) is 5.72. The highest BCUT2D eigenvalue weighted by atomic mass is 79.9. The first-order valence-corrected chi connectivity index (χ1v) is 6.89. The molecule has 1 aromatic rings. The average Bonchev–Trinajstić information content (AvgIpc) is 2.31. The van der Waals surface area contributed by atoms with Crippen LogP contribution in [0.3, 0.4) is 0 Å². The molecule has 2 unspecified atom stereocenters. The molecule has 1 aromatic carbocycles. The number of hydrogen-bond donors (Lipinski definition) is 1. The van der Waals surface area contributed by atoms with Crippen LogP contribution in [-0.2, 0) is 0 Å². The Bertz CT molecular complexity index is 408. The maximum atomic E-state index is 12.0. The van der Waals surface area contributed by atoms with Crippen molar-refractivity contribution in [1.82, 2.24) is 5.32 Å². The smallest absolute Gasteiger partial charge is 0.253 e. The van der Waals surface area contributed by atoms with Crippen LogP contribution in [0.25, 0.3) is 0 Å². The second kappa shape index (κ2) is 6.41. The van der Waals surface area contributed by atoms with Crippen molar-refractivity contribution >= 4 is 33.4 Å². The fourth-order valence-electron chi connectivity index (χ4n) is 1.46. The highest BCUT2D eigenvalue weighted by molar-refractivity contribution is 9.10. The summed E-state index contributed by atoms with van der Waals surface area (Å²) < 4.78 is 0.739. The number of carbonyl (C=O) groups excluding carboxylic acids is 1. The summed E-state index contributed by atoms with van der Waals surface area (Å²) in [5.74, 6) is 0.328. The summed E-state index contributed by atoms with van der Waals surface area (Å²) >= 11 is 9.39. The Hall–Kier alpha value is -0.540. The van der Waals surface area contributed by atoms with Gasteiger partial charge in [-0.2, -0.15) is 0 Å². The molecule has 0 radical (unpaired) electrons. The maximum Gasteiger partial charge on any atom is 0.253 e. The molecule has 0 aliphatic heterocycles. The second-order valence-electron chi connectivity index (χ2n) is 4.25. The standard InChI is InChI=1S/C13H17BrClNO/c1-4-8(2)9(3)16-13(17)10-6-5-7-11(14)12(10)15/h5-9H,4H2,1-3H3,(H,16,17). The Morgan fingerprint density at radius 3 is 2.71 bits per heavy atom. The van der Waals surface area contributed by atoms with Gasteiger partial charge >= 0.3 is 0 Å². The van der Waals surface area contributed by atoms with Crippen LogP contribution in [0.4, 0.5) is 0 Å². The third kappa shape index (κ3) is 3.71. The Kier molecular flexibility index (Phi) is 5.47. The topological polar surface area (TPSA) is 29.1 Å². The van der Waals surface area contributed by atoms with Crippen molar-refractivity contribution in [2.45, 2.75) is 33.2 Å². The molecule has 0 spiro atoms. The maximum absolute atomic E-state index is 12.0. The van der Waals surface area contributed by atoms with Crippen LogP contribution >= 0.6 is 27.5 Å². The van der Waals surface area contributed by atoms with Crippen LogP contribution in [0, 0.1) is 5.92 Å². The Balaban J connectivity index is 2.80. The molecular weight excluding hydrogens is 302 g/mol. The molecule has 0 aromatic heterocycles. The van der Waals surface area contributed by atoms with Gasteiger partial charge in [0.25, 0.3) is 5.91 Å². The van der Waals surface area contributed by atoms with E-state index in [2.05, 4.69) is 35.1 Å². The van der Waals surface area contributed by atoms with Crippen molar-refractivity contribution in [3.63, 3.8) is 0 Å². The molecule has 0 saturated carbocycles. The van der Waals surface area contributed by atoms with Gasteiger partial charge in [-0.25, -0.2) is 0 Å². The Morgan fingerprint density at radius 1 is 1.47 bits per heavy atom. The molecule has 0 bridgehead atoms. The summed E-state index contributed by atoms with van der Waals surface area (Å²) in [5, 5.41) is 3.43. The third-order valence-corrected chi connectivity index (χ3v) is 4.35. The van der Waals surface area contributed by atoms with Gasteiger partial charge in [0, 0.05) is 10.5 Å². The van der Waals surface area contributed by atoms with Gasteiger partial charge in [0.2, 0.25) is 0 Å². The van der Waals surface area contributed by atoms with Crippen LogP contribution in [0.5, 0.6) is 0 Å². The Morgan fingerprint density at radius 2 is 2.12 bits per heavy atom. The minimum atomic E-state index is -0.121. The van der Waals surface area contributed by atoms with Crippen molar-refractivity contribution in [2.24, 2.45) is 5.92 Å². The van der Waals surface area contributed by atoms with Crippen LogP contribution in [0.2, 0.25) is 5.02 Å². The van der Waals surface area contributed by atoms with E-state index in [0.717, 1.165) is 10.9 Å². The van der Waals surface area contributed by atoms with Gasteiger partial charge in [-0.1, -0.05) is 37.9 Å². The number of hydrogen-bond acceptors (Lipinski definition) is 1. The summed E-state index contributed by atoms with van der Waals surface area (Å²) in [6, 6.07) is 5.49. The minimum absolute atomic E-state index is 0.121. The van der Waals surface area contributed by atoms with Crippen LogP contribution in [0.15, 0.2) is 22.7 Å². The van der Waals surface area contributed by atoms with E-state index in [1.165, 1.54) is 0 Å². The van der Waals surface area contributed by atoms with Gasteiger partial charge < -0.3 is 5.32 Å². The zero-order valence-electron chi connectivity index (χ0n) is 10.3. The number of rotatable bonds is 4. The molecule has 0 aliphatic rings. The lowest BCUT2D eigenvalue weighted by Crippen LogP contribution is -2.37. The van der Waals surface area contributed by atoms with Crippen molar-refractivity contribution < 1.29 is 4.79 Å². The van der Waals surface area contributed by atoms with E-state index >= 15 is 0 Å². The molecule has 2 atom stereocenters. The van der Waals surface area contributed by atoms with Crippen LogP contribution in [-0.4, -0.2) is 11.9 Å². The molecule has 0 saturated heterocycles. The predicted octanol–water partition coefficient (Wildman–Crippen LogP) is 4.27. The SMILES string of the molecule is CCC(C)C(C)NC(=O)c1cccc(Br)c1Cl. The van der Waals surface area contributed by atoms with Gasteiger partial charge in [-0.3, -0.25) is 4.79 Å². The number of benzene rings is 1. The number of halogens is 2. The minimum Gasteiger partial charge on any atom is -0.349 e. The summed E-state index contributed by atoms with van der Waals surface area (Å²) in [7, 11) is 0. The average molecular weight is 319 g/mol. The van der Waals surface area contributed by atoms with Crippen LogP contribution < -0.4 is 5.32 Å². The molecule has 0 fully saturated rings. The van der Waals surface area contributed by atoms with Crippen molar-refractivity contribution in [1.29, 1.82) is 0 Å². The molecule has 94 valence electrons. The van der Waals surface area contributed by atoms with E-state index in [-0.39, 0.29) is 11.9 Å². The fourth-order valence-corrected chi connectivity index (χ4v) is 2.04. The van der Waals surface area contributed by atoms with E-state index < -0.39 is 0 Å². The lowest BCUT2D eigenvalue weighted by molar-refractivity contribution is 0.0928. The lowest BCUT2D eigenvalue weighted by atomic mass is 10.0. The lowest BCUT2D eigenvalue weighted by Gasteiger charge is -2.20.